The highest BCUT2D eigenvalue weighted by Gasteiger charge is 2.16. The van der Waals surface area contributed by atoms with Crippen LogP contribution in [-0.2, 0) is 11.3 Å². The molecule has 2 aromatic carbocycles. The number of amides is 1. The Kier molecular flexibility index (Phi) is 4.48. The number of rotatable bonds is 5. The third kappa shape index (κ3) is 3.42. The third-order valence-electron chi connectivity index (χ3n) is 3.16. The van der Waals surface area contributed by atoms with E-state index in [-0.39, 0.29) is 5.82 Å². The van der Waals surface area contributed by atoms with Gasteiger partial charge in [-0.2, -0.15) is 0 Å². The number of nitrogens with two attached hydrogens (primary N) is 1. The van der Waals surface area contributed by atoms with Gasteiger partial charge in [-0.05, 0) is 29.7 Å². The molecule has 104 valence electrons. The molecule has 3 N–H and O–H groups in total. The number of carbonyl (C=O) groups excluding carboxylic acids is 1. The van der Waals surface area contributed by atoms with Crippen molar-refractivity contribution in [3.63, 3.8) is 0 Å². The highest BCUT2D eigenvalue weighted by atomic mass is 19.1. The molecule has 0 aliphatic rings. The van der Waals surface area contributed by atoms with Crippen molar-refractivity contribution in [3.05, 3.63) is 71.0 Å². The second kappa shape index (κ2) is 6.30. The summed E-state index contributed by atoms with van der Waals surface area (Å²) in [6.07, 6.45) is 0. The van der Waals surface area contributed by atoms with Crippen LogP contribution >= 0.6 is 0 Å². The molecule has 1 amide bonds. The van der Waals surface area contributed by atoms with Gasteiger partial charge in [-0.25, -0.2) is 4.39 Å². The van der Waals surface area contributed by atoms with E-state index in [1.165, 1.54) is 6.07 Å². The summed E-state index contributed by atoms with van der Waals surface area (Å²) in [6.45, 7) is 2.09. The first kappa shape index (κ1) is 14.2. The van der Waals surface area contributed by atoms with Crippen molar-refractivity contribution >= 4 is 5.91 Å². The second-order valence-electron chi connectivity index (χ2n) is 4.71. The quantitative estimate of drug-likeness (QED) is 0.878. The predicted octanol–water partition coefficient (Wildman–Crippen LogP) is 2.45. The largest absolute Gasteiger partial charge is 0.368 e. The van der Waals surface area contributed by atoms with Crippen molar-refractivity contribution in [2.75, 3.05) is 0 Å². The van der Waals surface area contributed by atoms with Crippen molar-refractivity contribution in [2.45, 2.75) is 19.5 Å². The summed E-state index contributed by atoms with van der Waals surface area (Å²) in [6, 6.07) is 13.7. The smallest absolute Gasteiger partial charge is 0.239 e. The van der Waals surface area contributed by atoms with Gasteiger partial charge in [0, 0.05) is 6.54 Å². The van der Waals surface area contributed by atoms with Crippen molar-refractivity contribution in [2.24, 2.45) is 5.73 Å². The first-order chi connectivity index (χ1) is 9.58. The molecule has 0 aliphatic carbocycles. The first-order valence-electron chi connectivity index (χ1n) is 6.40. The molecule has 0 saturated carbocycles. The Balaban J connectivity index is 2.10. The molecular formula is C16H17FN2O. The van der Waals surface area contributed by atoms with Gasteiger partial charge >= 0.3 is 0 Å². The number of hydrogen-bond acceptors (Lipinski definition) is 2. The van der Waals surface area contributed by atoms with Gasteiger partial charge in [-0.15, -0.1) is 0 Å². The maximum atomic E-state index is 13.5. The van der Waals surface area contributed by atoms with Gasteiger partial charge in [0.1, 0.15) is 11.9 Å². The summed E-state index contributed by atoms with van der Waals surface area (Å²) in [5.41, 5.74) is 7.58. The molecule has 0 spiro atoms. The highest BCUT2D eigenvalue weighted by Crippen LogP contribution is 2.14. The fourth-order valence-corrected chi connectivity index (χ4v) is 1.99. The predicted molar refractivity (Wildman–Crippen MR) is 76.4 cm³/mol. The van der Waals surface area contributed by atoms with Crippen LogP contribution in [0.4, 0.5) is 4.39 Å². The lowest BCUT2D eigenvalue weighted by molar-refractivity contribution is -0.120. The van der Waals surface area contributed by atoms with Crippen LogP contribution in [0.25, 0.3) is 0 Å². The van der Waals surface area contributed by atoms with Gasteiger partial charge in [-0.1, -0.05) is 42.5 Å². The molecule has 0 bridgehead atoms. The van der Waals surface area contributed by atoms with Crippen molar-refractivity contribution in [1.82, 2.24) is 5.32 Å². The maximum Gasteiger partial charge on any atom is 0.239 e. The molecule has 0 aromatic heterocycles. The number of nitrogens with one attached hydrogen (secondary N) is 1. The summed E-state index contributed by atoms with van der Waals surface area (Å²) in [4.78, 5) is 11.5. The minimum Gasteiger partial charge on any atom is -0.368 e. The van der Waals surface area contributed by atoms with E-state index in [2.05, 4.69) is 5.32 Å². The van der Waals surface area contributed by atoms with E-state index < -0.39 is 11.9 Å². The van der Waals surface area contributed by atoms with Gasteiger partial charge in [0.2, 0.25) is 5.91 Å². The number of hydrogen-bond donors (Lipinski definition) is 2. The van der Waals surface area contributed by atoms with E-state index in [0.29, 0.717) is 12.1 Å². The van der Waals surface area contributed by atoms with Gasteiger partial charge in [-0.3, -0.25) is 10.1 Å². The third-order valence-corrected chi connectivity index (χ3v) is 3.16. The summed E-state index contributed by atoms with van der Waals surface area (Å²) in [5, 5.41) is 3.06. The Morgan fingerprint density at radius 1 is 1.25 bits per heavy atom. The Labute approximate surface area is 117 Å². The number of carbonyl (C=O) groups is 1. The minimum absolute atomic E-state index is 0.250. The lowest BCUT2D eigenvalue weighted by atomic mass is 10.1. The molecule has 2 rings (SSSR count). The number of halogens is 1. The fourth-order valence-electron chi connectivity index (χ4n) is 1.99. The lowest BCUT2D eigenvalue weighted by Crippen LogP contribution is -2.33. The SMILES string of the molecule is Cc1ccc(CN[C@H](C(N)=O)c2ccccc2)cc1F. The maximum absolute atomic E-state index is 13.5. The molecule has 0 aliphatic heterocycles. The standard InChI is InChI=1S/C16H17FN2O/c1-11-7-8-12(9-14(11)17)10-19-15(16(18)20)13-5-3-2-4-6-13/h2-9,15,19H,10H2,1H3,(H2,18,20)/t15-/m0/s1. The highest BCUT2D eigenvalue weighted by molar-refractivity contribution is 5.81. The van der Waals surface area contributed by atoms with Gasteiger partial charge in [0.05, 0.1) is 0 Å². The minimum atomic E-state index is -0.583. The zero-order valence-electron chi connectivity index (χ0n) is 11.3. The summed E-state index contributed by atoms with van der Waals surface area (Å²) in [7, 11) is 0. The number of benzene rings is 2. The zero-order valence-corrected chi connectivity index (χ0v) is 11.3. The van der Waals surface area contributed by atoms with Crippen LogP contribution in [0.15, 0.2) is 48.5 Å². The van der Waals surface area contributed by atoms with E-state index in [0.717, 1.165) is 11.1 Å². The van der Waals surface area contributed by atoms with Crippen LogP contribution < -0.4 is 11.1 Å². The van der Waals surface area contributed by atoms with Crippen molar-refractivity contribution < 1.29 is 9.18 Å². The van der Waals surface area contributed by atoms with Crippen LogP contribution in [0.2, 0.25) is 0 Å². The fraction of sp³-hybridized carbons (Fsp3) is 0.188. The van der Waals surface area contributed by atoms with Crippen molar-refractivity contribution in [1.29, 1.82) is 0 Å². The molecule has 1 atom stereocenters. The lowest BCUT2D eigenvalue weighted by Gasteiger charge is -2.16. The molecule has 0 unspecified atom stereocenters. The number of aryl methyl sites for hydroxylation is 1. The topological polar surface area (TPSA) is 55.1 Å². The van der Waals surface area contributed by atoms with Gasteiger partial charge in [0.15, 0.2) is 0 Å². The van der Waals surface area contributed by atoms with Gasteiger partial charge in [0.25, 0.3) is 0 Å². The molecule has 20 heavy (non-hydrogen) atoms. The Bertz CT molecular complexity index is 599. The summed E-state index contributed by atoms with van der Waals surface area (Å²) >= 11 is 0. The van der Waals surface area contributed by atoms with E-state index >= 15 is 0 Å². The average Bonchev–Trinajstić information content (AvgIpc) is 2.44. The molecule has 0 radical (unpaired) electrons. The van der Waals surface area contributed by atoms with Crippen LogP contribution in [0, 0.1) is 12.7 Å². The van der Waals surface area contributed by atoms with E-state index in [4.69, 9.17) is 5.73 Å². The van der Waals surface area contributed by atoms with E-state index in [9.17, 15) is 9.18 Å². The van der Waals surface area contributed by atoms with Crippen LogP contribution in [-0.4, -0.2) is 5.91 Å². The van der Waals surface area contributed by atoms with E-state index in [1.807, 2.05) is 36.4 Å². The summed E-state index contributed by atoms with van der Waals surface area (Å²) < 4.78 is 13.5. The second-order valence-corrected chi connectivity index (χ2v) is 4.71. The first-order valence-corrected chi connectivity index (χ1v) is 6.40. The summed E-state index contributed by atoms with van der Waals surface area (Å²) in [5.74, 6) is -0.705. The van der Waals surface area contributed by atoms with Crippen LogP contribution in [0.5, 0.6) is 0 Å². The Hall–Kier alpha value is -2.20. The monoisotopic (exact) mass is 272 g/mol. The molecule has 0 heterocycles. The van der Waals surface area contributed by atoms with Gasteiger partial charge < -0.3 is 5.73 Å². The Morgan fingerprint density at radius 3 is 2.55 bits per heavy atom. The zero-order chi connectivity index (χ0) is 14.5. The molecule has 0 saturated heterocycles. The Morgan fingerprint density at radius 2 is 1.95 bits per heavy atom. The van der Waals surface area contributed by atoms with Crippen molar-refractivity contribution in [3.8, 4) is 0 Å². The average molecular weight is 272 g/mol. The molecule has 4 heteroatoms. The normalized spacial score (nSPS) is 12.1. The van der Waals surface area contributed by atoms with Crippen LogP contribution in [0.3, 0.4) is 0 Å². The number of primary amides is 1. The molecule has 3 nitrogen and oxygen atoms in total. The molecule has 2 aromatic rings. The molecule has 0 fully saturated rings. The van der Waals surface area contributed by atoms with Crippen LogP contribution in [0.1, 0.15) is 22.7 Å². The molecular weight excluding hydrogens is 255 g/mol. The van der Waals surface area contributed by atoms with E-state index in [1.54, 1.807) is 13.0 Å².